The van der Waals surface area contributed by atoms with E-state index in [1.165, 1.54) is 18.2 Å². The minimum atomic E-state index is -4.95. The maximum Gasteiger partial charge on any atom is 0.471 e. The van der Waals surface area contributed by atoms with Crippen molar-refractivity contribution in [2.45, 2.75) is 32.5 Å². The number of ether oxygens (including phenoxy) is 1. The molecule has 0 unspecified atom stereocenters. The molecule has 8 heteroatoms. The smallest absolute Gasteiger partial charge is 0.471 e. The number of nitrogens with one attached hydrogen (secondary N) is 2. The molecule has 0 radical (unpaired) electrons. The van der Waals surface area contributed by atoms with E-state index in [9.17, 15) is 22.8 Å². The summed E-state index contributed by atoms with van der Waals surface area (Å²) in [7, 11) is 0. The minimum Gasteiger partial charge on any atom is -0.493 e. The van der Waals surface area contributed by atoms with E-state index in [1.54, 1.807) is 11.4 Å². The summed E-state index contributed by atoms with van der Waals surface area (Å²) in [5, 5.41) is 4.47. The van der Waals surface area contributed by atoms with Crippen molar-refractivity contribution in [2.24, 2.45) is 0 Å². The van der Waals surface area contributed by atoms with E-state index in [0.717, 1.165) is 11.3 Å². The number of carbonyl (C=O) groups is 2. The molecule has 0 aromatic heterocycles. The third-order valence-corrected chi connectivity index (χ3v) is 3.83. The Morgan fingerprint density at radius 1 is 1.07 bits per heavy atom. The first kappa shape index (κ1) is 21.3. The summed E-state index contributed by atoms with van der Waals surface area (Å²) in [6, 6.07) is 13.5. The lowest BCUT2D eigenvalue weighted by atomic mass is 10.2. The van der Waals surface area contributed by atoms with Crippen LogP contribution in [0.5, 0.6) is 5.75 Å². The second kappa shape index (κ2) is 9.77. The maximum atomic E-state index is 12.3. The average molecular weight is 394 g/mol. The van der Waals surface area contributed by atoms with Crippen LogP contribution in [0, 0.1) is 6.92 Å². The summed E-state index contributed by atoms with van der Waals surface area (Å²) in [4.78, 5) is 22.9. The SMILES string of the molecule is Cc1ccccc1OCCCC(=O)NCc1cccc(NC(=O)C(F)(F)F)c1. The Hall–Kier alpha value is -3.03. The number of hydrogen-bond acceptors (Lipinski definition) is 3. The molecule has 2 aromatic rings. The predicted octanol–water partition coefficient (Wildman–Crippen LogP) is 3.97. The molecule has 0 saturated carbocycles. The van der Waals surface area contributed by atoms with Crippen LogP contribution < -0.4 is 15.4 Å². The highest BCUT2D eigenvalue weighted by molar-refractivity contribution is 5.94. The zero-order chi connectivity index (χ0) is 20.6. The lowest BCUT2D eigenvalue weighted by Gasteiger charge is -2.10. The van der Waals surface area contributed by atoms with Gasteiger partial charge in [-0.2, -0.15) is 13.2 Å². The third kappa shape index (κ3) is 6.94. The summed E-state index contributed by atoms with van der Waals surface area (Å²) >= 11 is 0. The summed E-state index contributed by atoms with van der Waals surface area (Å²) < 4.78 is 42.5. The standard InChI is InChI=1S/C20H21F3N2O3/c1-14-6-2-3-9-17(14)28-11-5-10-18(26)24-13-15-7-4-8-16(12-15)25-19(27)20(21,22)23/h2-4,6-9,12H,5,10-11,13H2,1H3,(H,24,26)(H,25,27). The van der Waals surface area contributed by atoms with Crippen molar-refractivity contribution < 1.29 is 27.5 Å². The van der Waals surface area contributed by atoms with Crippen molar-refractivity contribution in [3.8, 4) is 5.75 Å². The van der Waals surface area contributed by atoms with Crippen molar-refractivity contribution in [2.75, 3.05) is 11.9 Å². The van der Waals surface area contributed by atoms with Gasteiger partial charge in [-0.25, -0.2) is 0 Å². The van der Waals surface area contributed by atoms with Crippen molar-refractivity contribution in [1.29, 1.82) is 0 Å². The molecule has 0 saturated heterocycles. The van der Waals surface area contributed by atoms with E-state index in [1.807, 2.05) is 31.2 Å². The highest BCUT2D eigenvalue weighted by Crippen LogP contribution is 2.19. The van der Waals surface area contributed by atoms with Gasteiger partial charge in [0.2, 0.25) is 5.91 Å². The summed E-state index contributed by atoms with van der Waals surface area (Å²) in [5.74, 6) is -1.46. The van der Waals surface area contributed by atoms with Gasteiger partial charge in [-0.3, -0.25) is 9.59 Å². The number of aryl methyl sites for hydroxylation is 1. The fourth-order valence-corrected chi connectivity index (χ4v) is 2.38. The topological polar surface area (TPSA) is 67.4 Å². The first-order valence-electron chi connectivity index (χ1n) is 8.68. The molecule has 0 atom stereocenters. The molecule has 2 rings (SSSR count). The van der Waals surface area contributed by atoms with Crippen molar-refractivity contribution in [3.63, 3.8) is 0 Å². The van der Waals surface area contributed by atoms with E-state index in [2.05, 4.69) is 5.32 Å². The van der Waals surface area contributed by atoms with Crippen LogP contribution in [0.15, 0.2) is 48.5 Å². The van der Waals surface area contributed by atoms with Crippen LogP contribution >= 0.6 is 0 Å². The Balaban J connectivity index is 1.73. The van der Waals surface area contributed by atoms with E-state index in [0.29, 0.717) is 18.6 Å². The van der Waals surface area contributed by atoms with Gasteiger partial charge in [0.05, 0.1) is 6.61 Å². The van der Waals surface area contributed by atoms with Gasteiger partial charge < -0.3 is 15.4 Å². The number of anilines is 1. The molecule has 150 valence electrons. The molecule has 5 nitrogen and oxygen atoms in total. The zero-order valence-electron chi connectivity index (χ0n) is 15.3. The van der Waals surface area contributed by atoms with Gasteiger partial charge in [-0.1, -0.05) is 30.3 Å². The first-order chi connectivity index (χ1) is 13.3. The number of hydrogen-bond donors (Lipinski definition) is 2. The quantitative estimate of drug-likeness (QED) is 0.666. The molecule has 2 amide bonds. The Kier molecular flexibility index (Phi) is 7.43. The van der Waals surface area contributed by atoms with Crippen molar-refractivity contribution in [1.82, 2.24) is 5.32 Å². The maximum absolute atomic E-state index is 12.3. The van der Waals surface area contributed by atoms with E-state index >= 15 is 0 Å². The molecule has 2 N–H and O–H groups in total. The second-order valence-corrected chi connectivity index (χ2v) is 6.15. The molecule has 0 aliphatic carbocycles. The van der Waals surface area contributed by atoms with Gasteiger partial charge in [0.25, 0.3) is 0 Å². The highest BCUT2D eigenvalue weighted by atomic mass is 19.4. The average Bonchev–Trinajstić information content (AvgIpc) is 2.64. The van der Waals surface area contributed by atoms with Crippen LogP contribution in [0.25, 0.3) is 0 Å². The fraction of sp³-hybridized carbons (Fsp3) is 0.300. The van der Waals surface area contributed by atoms with E-state index in [-0.39, 0.29) is 24.6 Å². The molecule has 0 bridgehead atoms. The number of amides is 2. The van der Waals surface area contributed by atoms with Crippen molar-refractivity contribution in [3.05, 3.63) is 59.7 Å². The number of halogens is 3. The van der Waals surface area contributed by atoms with Crippen LogP contribution in [0.1, 0.15) is 24.0 Å². The number of carbonyl (C=O) groups excluding carboxylic acids is 2. The summed E-state index contributed by atoms with van der Waals surface area (Å²) in [6.45, 7) is 2.48. The Morgan fingerprint density at radius 3 is 2.54 bits per heavy atom. The first-order valence-corrected chi connectivity index (χ1v) is 8.68. The Morgan fingerprint density at radius 2 is 1.82 bits per heavy atom. The summed E-state index contributed by atoms with van der Waals surface area (Å²) in [6.07, 6.45) is -4.16. The largest absolute Gasteiger partial charge is 0.493 e. The van der Waals surface area contributed by atoms with Gasteiger partial charge in [-0.05, 0) is 42.7 Å². The highest BCUT2D eigenvalue weighted by Gasteiger charge is 2.38. The predicted molar refractivity (Wildman–Crippen MR) is 98.9 cm³/mol. The van der Waals surface area contributed by atoms with E-state index in [4.69, 9.17) is 4.74 Å². The lowest BCUT2D eigenvalue weighted by Crippen LogP contribution is -2.30. The zero-order valence-corrected chi connectivity index (χ0v) is 15.3. The molecule has 0 aliphatic rings. The molecule has 2 aromatic carbocycles. The van der Waals surface area contributed by atoms with Crippen LogP contribution in [0.2, 0.25) is 0 Å². The van der Waals surface area contributed by atoms with Crippen molar-refractivity contribution >= 4 is 17.5 Å². The second-order valence-electron chi connectivity index (χ2n) is 6.15. The molecular formula is C20H21F3N2O3. The third-order valence-electron chi connectivity index (χ3n) is 3.83. The lowest BCUT2D eigenvalue weighted by molar-refractivity contribution is -0.167. The van der Waals surface area contributed by atoms with Crippen LogP contribution in [0.4, 0.5) is 18.9 Å². The van der Waals surface area contributed by atoms with Gasteiger partial charge in [0.15, 0.2) is 0 Å². The monoisotopic (exact) mass is 394 g/mol. The molecular weight excluding hydrogens is 373 g/mol. The Labute approximate surface area is 160 Å². The van der Waals surface area contributed by atoms with Crippen LogP contribution in [-0.2, 0) is 16.1 Å². The fourth-order valence-electron chi connectivity index (χ4n) is 2.38. The summed E-state index contributed by atoms with van der Waals surface area (Å²) in [5.41, 5.74) is 1.61. The molecule has 0 heterocycles. The molecule has 0 fully saturated rings. The van der Waals surface area contributed by atoms with Gasteiger partial charge >= 0.3 is 12.1 Å². The van der Waals surface area contributed by atoms with Gasteiger partial charge in [0, 0.05) is 18.7 Å². The van der Waals surface area contributed by atoms with Gasteiger partial charge in [0.1, 0.15) is 5.75 Å². The molecule has 0 aliphatic heterocycles. The number of benzene rings is 2. The number of para-hydroxylation sites is 1. The van der Waals surface area contributed by atoms with Crippen LogP contribution in [0.3, 0.4) is 0 Å². The number of rotatable bonds is 8. The normalized spacial score (nSPS) is 11.0. The molecule has 28 heavy (non-hydrogen) atoms. The minimum absolute atomic E-state index is 0.0145. The van der Waals surface area contributed by atoms with Gasteiger partial charge in [-0.15, -0.1) is 0 Å². The molecule has 0 spiro atoms. The Bertz CT molecular complexity index is 822. The van der Waals surface area contributed by atoms with E-state index < -0.39 is 12.1 Å². The number of alkyl halides is 3. The van der Waals surface area contributed by atoms with Crippen LogP contribution in [-0.4, -0.2) is 24.6 Å².